The molecular formula is C12H12N2O3. The number of oxazole rings is 1. The van der Waals surface area contributed by atoms with Crippen molar-refractivity contribution in [2.75, 3.05) is 5.32 Å². The van der Waals surface area contributed by atoms with Crippen molar-refractivity contribution < 1.29 is 14.3 Å². The lowest BCUT2D eigenvalue weighted by Gasteiger charge is -2.07. The summed E-state index contributed by atoms with van der Waals surface area (Å²) in [7, 11) is 0. The average Bonchev–Trinajstić information content (AvgIpc) is 2.76. The number of para-hydroxylation sites is 1. The Morgan fingerprint density at radius 2 is 2.24 bits per heavy atom. The van der Waals surface area contributed by atoms with Crippen molar-refractivity contribution in [3.8, 4) is 0 Å². The van der Waals surface area contributed by atoms with Gasteiger partial charge in [-0.15, -0.1) is 0 Å². The largest absolute Gasteiger partial charge is 0.438 e. The second-order valence-electron chi connectivity index (χ2n) is 3.54. The standard InChI is InChI=1S/C12H12N2O3/c1-8-11(17-7-13-8)12(16)14-10-5-3-2-4-9(10)6-15/h2-5,7,15H,6H2,1H3,(H,14,16). The van der Waals surface area contributed by atoms with Gasteiger partial charge >= 0.3 is 0 Å². The molecule has 5 heteroatoms. The molecule has 1 heterocycles. The molecular weight excluding hydrogens is 220 g/mol. The molecule has 5 nitrogen and oxygen atoms in total. The second-order valence-corrected chi connectivity index (χ2v) is 3.54. The van der Waals surface area contributed by atoms with Gasteiger partial charge < -0.3 is 14.8 Å². The number of nitrogens with zero attached hydrogens (tertiary/aromatic N) is 1. The molecule has 17 heavy (non-hydrogen) atoms. The van der Waals surface area contributed by atoms with Crippen LogP contribution in [0.3, 0.4) is 0 Å². The van der Waals surface area contributed by atoms with E-state index in [2.05, 4.69) is 10.3 Å². The molecule has 0 saturated carbocycles. The summed E-state index contributed by atoms with van der Waals surface area (Å²) in [6, 6.07) is 7.03. The minimum atomic E-state index is -0.374. The fourth-order valence-electron chi connectivity index (χ4n) is 1.48. The van der Waals surface area contributed by atoms with E-state index >= 15 is 0 Å². The molecule has 1 amide bonds. The maximum Gasteiger partial charge on any atom is 0.293 e. The Labute approximate surface area is 98.1 Å². The van der Waals surface area contributed by atoms with E-state index < -0.39 is 0 Å². The van der Waals surface area contributed by atoms with Gasteiger partial charge in [-0.25, -0.2) is 4.98 Å². The number of aromatic nitrogens is 1. The molecule has 0 fully saturated rings. The molecule has 0 aliphatic heterocycles. The monoisotopic (exact) mass is 232 g/mol. The maximum absolute atomic E-state index is 11.8. The van der Waals surface area contributed by atoms with E-state index in [1.54, 1.807) is 31.2 Å². The number of anilines is 1. The molecule has 0 saturated heterocycles. The second kappa shape index (κ2) is 4.80. The van der Waals surface area contributed by atoms with E-state index in [1.807, 2.05) is 0 Å². The van der Waals surface area contributed by atoms with Crippen LogP contribution in [-0.2, 0) is 6.61 Å². The third-order valence-electron chi connectivity index (χ3n) is 2.39. The van der Waals surface area contributed by atoms with Crippen LogP contribution >= 0.6 is 0 Å². The number of aliphatic hydroxyl groups excluding tert-OH is 1. The van der Waals surface area contributed by atoms with E-state index in [1.165, 1.54) is 6.39 Å². The van der Waals surface area contributed by atoms with Crippen LogP contribution in [0.15, 0.2) is 35.1 Å². The van der Waals surface area contributed by atoms with Gasteiger partial charge in [0.15, 0.2) is 6.39 Å². The zero-order valence-corrected chi connectivity index (χ0v) is 9.30. The predicted molar refractivity (Wildman–Crippen MR) is 61.6 cm³/mol. The number of nitrogens with one attached hydrogen (secondary N) is 1. The highest BCUT2D eigenvalue weighted by Gasteiger charge is 2.14. The lowest BCUT2D eigenvalue weighted by molar-refractivity contribution is 0.0995. The van der Waals surface area contributed by atoms with Crippen LogP contribution in [-0.4, -0.2) is 16.0 Å². The van der Waals surface area contributed by atoms with Gasteiger partial charge in [0.1, 0.15) is 0 Å². The number of rotatable bonds is 3. The van der Waals surface area contributed by atoms with Crippen molar-refractivity contribution in [3.63, 3.8) is 0 Å². The van der Waals surface area contributed by atoms with E-state index in [0.717, 1.165) is 0 Å². The fraction of sp³-hybridized carbons (Fsp3) is 0.167. The summed E-state index contributed by atoms with van der Waals surface area (Å²) in [5, 5.41) is 11.8. The van der Waals surface area contributed by atoms with Gasteiger partial charge in [-0.1, -0.05) is 18.2 Å². The zero-order chi connectivity index (χ0) is 12.3. The van der Waals surface area contributed by atoms with Crippen LogP contribution in [0.2, 0.25) is 0 Å². The molecule has 0 atom stereocenters. The molecule has 1 aromatic carbocycles. The van der Waals surface area contributed by atoms with Crippen LogP contribution in [0.25, 0.3) is 0 Å². The Morgan fingerprint density at radius 3 is 2.88 bits per heavy atom. The minimum Gasteiger partial charge on any atom is -0.438 e. The molecule has 0 spiro atoms. The molecule has 0 aliphatic rings. The van der Waals surface area contributed by atoms with Gasteiger partial charge in [0.05, 0.1) is 12.3 Å². The number of amides is 1. The van der Waals surface area contributed by atoms with Gasteiger partial charge in [-0.3, -0.25) is 4.79 Å². The third kappa shape index (κ3) is 2.34. The number of carbonyl (C=O) groups is 1. The predicted octanol–water partition coefficient (Wildman–Crippen LogP) is 1.73. The molecule has 2 aromatic rings. The Balaban J connectivity index is 2.22. The molecule has 1 aromatic heterocycles. The highest BCUT2D eigenvalue weighted by atomic mass is 16.3. The van der Waals surface area contributed by atoms with Gasteiger partial charge in [-0.05, 0) is 13.0 Å². The maximum atomic E-state index is 11.8. The normalized spacial score (nSPS) is 10.2. The third-order valence-corrected chi connectivity index (χ3v) is 2.39. The Bertz CT molecular complexity index is 534. The van der Waals surface area contributed by atoms with Crippen molar-refractivity contribution >= 4 is 11.6 Å². The Kier molecular flexibility index (Phi) is 3.20. The molecule has 2 rings (SSSR count). The summed E-state index contributed by atoms with van der Waals surface area (Å²) in [4.78, 5) is 15.7. The number of benzene rings is 1. The zero-order valence-electron chi connectivity index (χ0n) is 9.30. The summed E-state index contributed by atoms with van der Waals surface area (Å²) < 4.78 is 4.99. The number of hydrogen-bond acceptors (Lipinski definition) is 4. The fourth-order valence-corrected chi connectivity index (χ4v) is 1.48. The van der Waals surface area contributed by atoms with Crippen molar-refractivity contribution in [2.45, 2.75) is 13.5 Å². The van der Waals surface area contributed by atoms with E-state index in [-0.39, 0.29) is 18.3 Å². The number of hydrogen-bond donors (Lipinski definition) is 2. The first-order valence-electron chi connectivity index (χ1n) is 5.12. The first kappa shape index (κ1) is 11.3. The van der Waals surface area contributed by atoms with Crippen LogP contribution in [0.4, 0.5) is 5.69 Å². The molecule has 0 unspecified atom stereocenters. The molecule has 0 bridgehead atoms. The lowest BCUT2D eigenvalue weighted by Crippen LogP contribution is -2.13. The summed E-state index contributed by atoms with van der Waals surface area (Å²) in [5.74, 6) is -0.196. The summed E-state index contributed by atoms with van der Waals surface area (Å²) in [6.45, 7) is 1.56. The van der Waals surface area contributed by atoms with Crippen LogP contribution in [0.5, 0.6) is 0 Å². The SMILES string of the molecule is Cc1ncoc1C(=O)Nc1ccccc1CO. The van der Waals surface area contributed by atoms with Crippen molar-refractivity contribution in [1.82, 2.24) is 4.98 Å². The molecule has 88 valence electrons. The van der Waals surface area contributed by atoms with Gasteiger partial charge in [-0.2, -0.15) is 0 Å². The first-order valence-corrected chi connectivity index (χ1v) is 5.12. The van der Waals surface area contributed by atoms with Crippen LogP contribution in [0.1, 0.15) is 21.8 Å². The summed E-state index contributed by atoms with van der Waals surface area (Å²) >= 11 is 0. The van der Waals surface area contributed by atoms with E-state index in [9.17, 15) is 4.79 Å². The van der Waals surface area contributed by atoms with E-state index in [0.29, 0.717) is 16.9 Å². The highest BCUT2D eigenvalue weighted by molar-refractivity contribution is 6.03. The Hall–Kier alpha value is -2.14. The van der Waals surface area contributed by atoms with Crippen molar-refractivity contribution in [1.29, 1.82) is 0 Å². The smallest absolute Gasteiger partial charge is 0.293 e. The van der Waals surface area contributed by atoms with Crippen LogP contribution < -0.4 is 5.32 Å². The van der Waals surface area contributed by atoms with Crippen molar-refractivity contribution in [2.24, 2.45) is 0 Å². The molecule has 0 radical (unpaired) electrons. The summed E-state index contributed by atoms with van der Waals surface area (Å²) in [5.41, 5.74) is 1.75. The number of carbonyl (C=O) groups excluding carboxylic acids is 1. The summed E-state index contributed by atoms with van der Waals surface area (Å²) in [6.07, 6.45) is 1.22. The first-order chi connectivity index (χ1) is 8.22. The van der Waals surface area contributed by atoms with Crippen LogP contribution in [0, 0.1) is 6.92 Å². The topological polar surface area (TPSA) is 75.4 Å². The van der Waals surface area contributed by atoms with Gasteiger partial charge in [0, 0.05) is 11.3 Å². The lowest BCUT2D eigenvalue weighted by atomic mass is 10.2. The molecule has 2 N–H and O–H groups in total. The average molecular weight is 232 g/mol. The van der Waals surface area contributed by atoms with Gasteiger partial charge in [0.2, 0.25) is 5.76 Å². The molecule has 0 aliphatic carbocycles. The van der Waals surface area contributed by atoms with Crippen molar-refractivity contribution in [3.05, 3.63) is 47.7 Å². The van der Waals surface area contributed by atoms with E-state index in [4.69, 9.17) is 9.52 Å². The highest BCUT2D eigenvalue weighted by Crippen LogP contribution is 2.16. The number of aryl methyl sites for hydroxylation is 1. The van der Waals surface area contributed by atoms with Gasteiger partial charge in [0.25, 0.3) is 5.91 Å². The Morgan fingerprint density at radius 1 is 1.47 bits per heavy atom. The minimum absolute atomic E-state index is 0.133. The quantitative estimate of drug-likeness (QED) is 0.845. The number of aliphatic hydroxyl groups is 1.